The molecule has 1 saturated heterocycles. The second kappa shape index (κ2) is 9.22. The molecule has 1 heterocycles. The van der Waals surface area contributed by atoms with E-state index in [1.807, 2.05) is 12.1 Å². The Morgan fingerprint density at radius 3 is 2.24 bits per heavy atom. The van der Waals surface area contributed by atoms with E-state index in [2.05, 4.69) is 30.9 Å². The lowest BCUT2D eigenvalue weighted by Gasteiger charge is -2.29. The first-order chi connectivity index (χ1) is 9.74. The predicted octanol–water partition coefficient (Wildman–Crippen LogP) is 4.37. The number of hydrogen-bond donors (Lipinski definition) is 0. The van der Waals surface area contributed by atoms with Crippen molar-refractivity contribution in [3.8, 4) is 0 Å². The zero-order valence-electron chi connectivity index (χ0n) is 13.3. The fourth-order valence-corrected chi connectivity index (χ4v) is 2.99. The maximum absolute atomic E-state index is 12.6. The van der Waals surface area contributed by atoms with E-state index < -0.39 is 0 Å². The Labute approximate surface area is 135 Å². The third-order valence-corrected chi connectivity index (χ3v) is 4.44. The first kappa shape index (κ1) is 18.2. The van der Waals surface area contributed by atoms with Crippen molar-refractivity contribution in [2.45, 2.75) is 46.0 Å². The lowest BCUT2D eigenvalue weighted by atomic mass is 9.93. The van der Waals surface area contributed by atoms with Crippen LogP contribution >= 0.6 is 12.4 Å². The van der Waals surface area contributed by atoms with E-state index in [4.69, 9.17) is 0 Å². The quantitative estimate of drug-likeness (QED) is 0.727. The van der Waals surface area contributed by atoms with Gasteiger partial charge in [-0.3, -0.25) is 4.79 Å². The Morgan fingerprint density at radius 2 is 1.71 bits per heavy atom. The fourth-order valence-electron chi connectivity index (χ4n) is 2.99. The lowest BCUT2D eigenvalue weighted by molar-refractivity contribution is 0.0864. The molecule has 1 aliphatic heterocycles. The second-order valence-electron chi connectivity index (χ2n) is 5.88. The molecule has 0 aromatic heterocycles. The number of hydrogen-bond acceptors (Lipinski definition) is 2. The van der Waals surface area contributed by atoms with Crippen molar-refractivity contribution in [1.82, 2.24) is 4.90 Å². The summed E-state index contributed by atoms with van der Waals surface area (Å²) in [6.07, 6.45) is 5.88. The predicted molar refractivity (Wildman–Crippen MR) is 91.5 cm³/mol. The third-order valence-electron chi connectivity index (χ3n) is 4.44. The molecule has 3 heteroatoms. The number of rotatable bonds is 6. The molecular formula is C18H28ClNO. The molecule has 0 saturated carbocycles. The molecule has 1 aliphatic rings. The van der Waals surface area contributed by atoms with Crippen LogP contribution in [0.15, 0.2) is 24.3 Å². The van der Waals surface area contributed by atoms with Crippen molar-refractivity contribution in [1.29, 1.82) is 0 Å². The van der Waals surface area contributed by atoms with E-state index in [1.54, 1.807) is 0 Å². The highest BCUT2D eigenvalue weighted by atomic mass is 35.5. The number of benzene rings is 1. The molecule has 118 valence electrons. The van der Waals surface area contributed by atoms with Crippen LogP contribution in [0.25, 0.3) is 0 Å². The zero-order chi connectivity index (χ0) is 14.4. The van der Waals surface area contributed by atoms with Gasteiger partial charge in [0.05, 0.1) is 0 Å². The summed E-state index contributed by atoms with van der Waals surface area (Å²) in [7, 11) is 0. The van der Waals surface area contributed by atoms with Gasteiger partial charge in [0.2, 0.25) is 0 Å². The minimum Gasteiger partial charge on any atom is -0.303 e. The van der Waals surface area contributed by atoms with Crippen LogP contribution in [-0.2, 0) is 6.42 Å². The number of halogens is 1. The van der Waals surface area contributed by atoms with Crippen molar-refractivity contribution in [2.24, 2.45) is 5.92 Å². The van der Waals surface area contributed by atoms with Gasteiger partial charge in [0.25, 0.3) is 0 Å². The Hall–Kier alpha value is -0.860. The second-order valence-corrected chi connectivity index (χ2v) is 5.88. The molecule has 0 radical (unpaired) electrons. The molecule has 1 aromatic rings. The highest BCUT2D eigenvalue weighted by molar-refractivity contribution is 5.98. The number of carbonyl (C=O) groups excluding carboxylic acids is 1. The lowest BCUT2D eigenvalue weighted by Crippen LogP contribution is -2.36. The monoisotopic (exact) mass is 309 g/mol. The molecule has 0 spiro atoms. The molecule has 1 aromatic carbocycles. The summed E-state index contributed by atoms with van der Waals surface area (Å²) in [4.78, 5) is 15.1. The van der Waals surface area contributed by atoms with E-state index in [0.29, 0.717) is 5.78 Å². The number of aryl methyl sites for hydroxylation is 1. The fraction of sp³-hybridized carbons (Fsp3) is 0.611. The van der Waals surface area contributed by atoms with E-state index in [-0.39, 0.29) is 18.3 Å². The van der Waals surface area contributed by atoms with Crippen molar-refractivity contribution >= 4 is 18.2 Å². The minimum absolute atomic E-state index is 0. The van der Waals surface area contributed by atoms with Gasteiger partial charge in [0, 0.05) is 18.0 Å². The summed E-state index contributed by atoms with van der Waals surface area (Å²) in [5.41, 5.74) is 2.18. The van der Waals surface area contributed by atoms with Crippen molar-refractivity contribution in [3.63, 3.8) is 0 Å². The molecule has 1 unspecified atom stereocenters. The van der Waals surface area contributed by atoms with Crippen LogP contribution in [0, 0.1) is 5.92 Å². The molecule has 0 N–H and O–H groups in total. The van der Waals surface area contributed by atoms with Gasteiger partial charge in [-0.2, -0.15) is 0 Å². The molecule has 21 heavy (non-hydrogen) atoms. The van der Waals surface area contributed by atoms with Crippen molar-refractivity contribution < 1.29 is 4.79 Å². The third kappa shape index (κ3) is 5.12. The Balaban J connectivity index is 0.00000220. The summed E-state index contributed by atoms with van der Waals surface area (Å²) in [5, 5.41) is 0. The summed E-state index contributed by atoms with van der Waals surface area (Å²) in [6, 6.07) is 8.17. The smallest absolute Gasteiger partial charge is 0.167 e. The summed E-state index contributed by atoms with van der Waals surface area (Å²) in [6.45, 7) is 7.54. The molecule has 0 aliphatic carbocycles. The average molecular weight is 310 g/mol. The zero-order valence-corrected chi connectivity index (χ0v) is 14.1. The van der Waals surface area contributed by atoms with Crippen LogP contribution < -0.4 is 0 Å². The molecule has 1 fully saturated rings. The minimum atomic E-state index is 0. The van der Waals surface area contributed by atoms with E-state index in [9.17, 15) is 4.79 Å². The van der Waals surface area contributed by atoms with Crippen LogP contribution in [0.2, 0.25) is 0 Å². The van der Waals surface area contributed by atoms with Crippen LogP contribution in [-0.4, -0.2) is 30.3 Å². The number of Topliss-reactive ketones (excluding diaryl/α,β-unsaturated/α-hetero) is 1. The Bertz CT molecular complexity index is 423. The maximum atomic E-state index is 12.6. The van der Waals surface area contributed by atoms with E-state index >= 15 is 0 Å². The van der Waals surface area contributed by atoms with Crippen LogP contribution in [0.5, 0.6) is 0 Å². The molecule has 0 bridgehead atoms. The highest BCUT2D eigenvalue weighted by Gasteiger charge is 2.22. The van der Waals surface area contributed by atoms with Gasteiger partial charge in [0.15, 0.2) is 5.78 Å². The van der Waals surface area contributed by atoms with Gasteiger partial charge in [-0.05, 0) is 44.3 Å². The van der Waals surface area contributed by atoms with Gasteiger partial charge in [0.1, 0.15) is 0 Å². The van der Waals surface area contributed by atoms with Gasteiger partial charge in [-0.15, -0.1) is 12.4 Å². The molecule has 0 amide bonds. The normalized spacial score (nSPS) is 17.0. The molecule has 2 nitrogen and oxygen atoms in total. The van der Waals surface area contributed by atoms with Gasteiger partial charge < -0.3 is 4.90 Å². The summed E-state index contributed by atoms with van der Waals surface area (Å²) in [5.74, 6) is 0.473. The summed E-state index contributed by atoms with van der Waals surface area (Å²) >= 11 is 0. The Morgan fingerprint density at radius 1 is 1.10 bits per heavy atom. The van der Waals surface area contributed by atoms with Gasteiger partial charge >= 0.3 is 0 Å². The largest absolute Gasteiger partial charge is 0.303 e. The number of nitrogens with zero attached hydrogens (tertiary/aromatic N) is 1. The molecule has 1 atom stereocenters. The van der Waals surface area contributed by atoms with Crippen LogP contribution in [0.4, 0.5) is 0 Å². The maximum Gasteiger partial charge on any atom is 0.167 e. The van der Waals surface area contributed by atoms with Crippen LogP contribution in [0.3, 0.4) is 0 Å². The first-order valence-electron chi connectivity index (χ1n) is 8.10. The topological polar surface area (TPSA) is 20.3 Å². The first-order valence-corrected chi connectivity index (χ1v) is 8.10. The van der Waals surface area contributed by atoms with E-state index in [1.165, 1.54) is 37.9 Å². The standard InChI is InChI=1S/C18H27NO.ClH/c1-3-15-8-10-17(11-9-15)18(20)16(4-2)14-19-12-6-5-7-13-19;/h8-11,16H,3-7,12-14H2,1-2H3;1H. The molecular weight excluding hydrogens is 282 g/mol. The SMILES string of the molecule is CCc1ccc(C(=O)C(CC)CN2CCCCC2)cc1.Cl. The van der Waals surface area contributed by atoms with E-state index in [0.717, 1.165) is 24.9 Å². The highest BCUT2D eigenvalue weighted by Crippen LogP contribution is 2.18. The van der Waals surface area contributed by atoms with Crippen LogP contribution in [0.1, 0.15) is 55.5 Å². The Kier molecular flexibility index (Phi) is 7.98. The number of piperidine rings is 1. The average Bonchev–Trinajstić information content (AvgIpc) is 2.53. The number of carbonyl (C=O) groups is 1. The van der Waals surface area contributed by atoms with Crippen molar-refractivity contribution in [3.05, 3.63) is 35.4 Å². The summed E-state index contributed by atoms with van der Waals surface area (Å²) < 4.78 is 0. The number of likely N-dealkylation sites (tertiary alicyclic amines) is 1. The van der Waals surface area contributed by atoms with Gasteiger partial charge in [-0.1, -0.05) is 44.5 Å². The van der Waals surface area contributed by atoms with Gasteiger partial charge in [-0.25, -0.2) is 0 Å². The number of ketones is 1. The molecule has 2 rings (SSSR count). The van der Waals surface area contributed by atoms with Crippen molar-refractivity contribution in [2.75, 3.05) is 19.6 Å².